The van der Waals surface area contributed by atoms with Gasteiger partial charge in [0.05, 0.1) is 38.8 Å². The molecule has 1 aliphatic rings. The first-order chi connectivity index (χ1) is 12.9. The minimum atomic E-state index is -0.718. The Morgan fingerprint density at radius 2 is 2.04 bits per heavy atom. The lowest BCUT2D eigenvalue weighted by Crippen LogP contribution is -2.56. The molecule has 1 aromatic rings. The lowest BCUT2D eigenvalue weighted by molar-refractivity contribution is -0.134. The van der Waals surface area contributed by atoms with Crippen molar-refractivity contribution in [2.45, 2.75) is 38.9 Å². The number of amides is 2. The van der Waals surface area contributed by atoms with E-state index in [2.05, 4.69) is 10.6 Å². The molecule has 8 nitrogen and oxygen atoms in total. The summed E-state index contributed by atoms with van der Waals surface area (Å²) in [6.07, 6.45) is -0.0312. The fourth-order valence-corrected chi connectivity index (χ4v) is 3.25. The van der Waals surface area contributed by atoms with Gasteiger partial charge in [0.1, 0.15) is 5.75 Å². The topological polar surface area (TPSA) is 111 Å². The largest absolute Gasteiger partial charge is 0.496 e. The first-order valence-electron chi connectivity index (χ1n) is 9.07. The van der Waals surface area contributed by atoms with Crippen molar-refractivity contribution in [2.75, 3.05) is 33.4 Å². The Balaban J connectivity index is 2.13. The van der Waals surface area contributed by atoms with Crippen molar-refractivity contribution in [3.05, 3.63) is 28.8 Å². The van der Waals surface area contributed by atoms with Crippen LogP contribution in [0.25, 0.3) is 0 Å². The maximum atomic E-state index is 12.4. The summed E-state index contributed by atoms with van der Waals surface area (Å²) in [7, 11) is 1.64. The van der Waals surface area contributed by atoms with E-state index in [1.807, 2.05) is 30.9 Å². The Hall–Kier alpha value is -2.16. The zero-order chi connectivity index (χ0) is 20.0. The van der Waals surface area contributed by atoms with E-state index >= 15 is 0 Å². The van der Waals surface area contributed by atoms with E-state index < -0.39 is 12.1 Å². The summed E-state index contributed by atoms with van der Waals surface area (Å²) in [6, 6.07) is 2.58. The first-order valence-corrected chi connectivity index (χ1v) is 9.07. The van der Waals surface area contributed by atoms with Crippen LogP contribution in [0.5, 0.6) is 5.75 Å². The first kappa shape index (κ1) is 21.1. The molecule has 1 aliphatic heterocycles. The lowest BCUT2D eigenvalue weighted by atomic mass is 10.00. The van der Waals surface area contributed by atoms with E-state index in [1.165, 1.54) is 0 Å². The van der Waals surface area contributed by atoms with Crippen LogP contribution in [-0.4, -0.2) is 72.4 Å². The molecule has 0 aromatic heterocycles. The van der Waals surface area contributed by atoms with Crippen LogP contribution < -0.4 is 15.4 Å². The third-order valence-electron chi connectivity index (χ3n) is 5.07. The third-order valence-corrected chi connectivity index (χ3v) is 5.07. The highest BCUT2D eigenvalue weighted by molar-refractivity contribution is 5.88. The van der Waals surface area contributed by atoms with Crippen LogP contribution >= 0.6 is 0 Å². The Bertz CT molecular complexity index is 676. The monoisotopic (exact) mass is 379 g/mol. The number of methoxy groups -OCH3 is 1. The molecule has 0 saturated carbocycles. The number of hydrogen-bond acceptors (Lipinski definition) is 6. The van der Waals surface area contributed by atoms with E-state index in [0.717, 1.165) is 22.4 Å². The number of ether oxygens (including phenoxy) is 1. The number of benzene rings is 1. The van der Waals surface area contributed by atoms with Gasteiger partial charge in [0.2, 0.25) is 11.8 Å². The van der Waals surface area contributed by atoms with Crippen molar-refractivity contribution in [1.82, 2.24) is 15.5 Å². The molecule has 2 rings (SSSR count). The number of nitrogens with zero attached hydrogens (tertiary/aromatic N) is 1. The molecule has 1 heterocycles. The fourth-order valence-electron chi connectivity index (χ4n) is 3.25. The Morgan fingerprint density at radius 3 is 2.67 bits per heavy atom. The summed E-state index contributed by atoms with van der Waals surface area (Å²) in [4.78, 5) is 26.6. The second kappa shape index (κ2) is 9.68. The predicted octanol–water partition coefficient (Wildman–Crippen LogP) is -0.528. The number of rotatable bonds is 8. The predicted molar refractivity (Wildman–Crippen MR) is 100 cm³/mol. The Labute approximate surface area is 159 Å². The molecule has 1 atom stereocenters. The lowest BCUT2D eigenvalue weighted by Gasteiger charge is -2.35. The SMILES string of the molecule is COc1ccc(CN2CCNC(=O)[C@@H]2CC(=O)NC(CO)CO)c(C)c1C. The summed E-state index contributed by atoms with van der Waals surface area (Å²) in [5.41, 5.74) is 3.24. The highest BCUT2D eigenvalue weighted by Gasteiger charge is 2.32. The van der Waals surface area contributed by atoms with Crippen LogP contribution in [0.4, 0.5) is 0 Å². The number of carbonyl (C=O) groups is 2. The molecule has 1 saturated heterocycles. The Morgan fingerprint density at radius 1 is 1.33 bits per heavy atom. The van der Waals surface area contributed by atoms with Crippen molar-refractivity contribution >= 4 is 11.8 Å². The van der Waals surface area contributed by atoms with Crippen LogP contribution in [-0.2, 0) is 16.1 Å². The third kappa shape index (κ3) is 5.18. The molecule has 0 unspecified atom stereocenters. The number of hydrogen-bond donors (Lipinski definition) is 4. The van der Waals surface area contributed by atoms with Crippen molar-refractivity contribution in [1.29, 1.82) is 0 Å². The highest BCUT2D eigenvalue weighted by atomic mass is 16.5. The molecule has 0 spiro atoms. The maximum Gasteiger partial charge on any atom is 0.237 e. The van der Waals surface area contributed by atoms with Gasteiger partial charge < -0.3 is 25.6 Å². The molecule has 2 amide bonds. The molecular formula is C19H29N3O5. The van der Waals surface area contributed by atoms with E-state index in [9.17, 15) is 9.59 Å². The summed E-state index contributed by atoms with van der Waals surface area (Å²) < 4.78 is 5.35. The minimum Gasteiger partial charge on any atom is -0.496 e. The molecule has 0 radical (unpaired) electrons. The van der Waals surface area contributed by atoms with Crippen molar-refractivity contribution < 1.29 is 24.5 Å². The van der Waals surface area contributed by atoms with Crippen molar-refractivity contribution in [3.63, 3.8) is 0 Å². The van der Waals surface area contributed by atoms with Crippen LogP contribution in [0.2, 0.25) is 0 Å². The van der Waals surface area contributed by atoms with E-state index in [1.54, 1.807) is 7.11 Å². The molecule has 1 fully saturated rings. The van der Waals surface area contributed by atoms with Gasteiger partial charge in [-0.2, -0.15) is 0 Å². The number of piperazine rings is 1. The molecule has 8 heteroatoms. The summed E-state index contributed by atoms with van der Waals surface area (Å²) in [5.74, 6) is 0.254. The van der Waals surface area contributed by atoms with Crippen LogP contribution in [0.1, 0.15) is 23.1 Å². The van der Waals surface area contributed by atoms with E-state index in [4.69, 9.17) is 14.9 Å². The average Bonchev–Trinajstić information content (AvgIpc) is 2.66. The molecule has 1 aromatic carbocycles. The fraction of sp³-hybridized carbons (Fsp3) is 0.579. The zero-order valence-electron chi connectivity index (χ0n) is 16.1. The van der Waals surface area contributed by atoms with Crippen LogP contribution in [0, 0.1) is 13.8 Å². The van der Waals surface area contributed by atoms with E-state index in [0.29, 0.717) is 19.6 Å². The number of aliphatic hydroxyl groups is 2. The molecule has 150 valence electrons. The second-order valence-electron chi connectivity index (χ2n) is 6.79. The van der Waals surface area contributed by atoms with Crippen molar-refractivity contribution in [3.8, 4) is 5.75 Å². The highest BCUT2D eigenvalue weighted by Crippen LogP contribution is 2.26. The van der Waals surface area contributed by atoms with Gasteiger partial charge >= 0.3 is 0 Å². The number of nitrogens with one attached hydrogen (secondary N) is 2. The number of carbonyl (C=O) groups excluding carboxylic acids is 2. The molecule has 4 N–H and O–H groups in total. The van der Waals surface area contributed by atoms with Crippen molar-refractivity contribution in [2.24, 2.45) is 0 Å². The van der Waals surface area contributed by atoms with Gasteiger partial charge in [-0.25, -0.2) is 0 Å². The van der Waals surface area contributed by atoms with Gasteiger partial charge in [-0.3, -0.25) is 14.5 Å². The van der Waals surface area contributed by atoms with E-state index in [-0.39, 0.29) is 31.4 Å². The standard InChI is InChI=1S/C19H29N3O5/c1-12-13(2)17(27-3)5-4-14(12)9-22-7-6-20-19(26)16(22)8-18(25)21-15(10-23)11-24/h4-5,15-16,23-24H,6-11H2,1-3H3,(H,20,26)(H,21,25)/t16-/m0/s1. The van der Waals surface area contributed by atoms with Gasteiger partial charge in [0, 0.05) is 19.6 Å². The molecule has 27 heavy (non-hydrogen) atoms. The van der Waals surface area contributed by atoms with Crippen LogP contribution in [0.3, 0.4) is 0 Å². The van der Waals surface area contributed by atoms with Gasteiger partial charge in [0.25, 0.3) is 0 Å². The minimum absolute atomic E-state index is 0.0312. The average molecular weight is 379 g/mol. The molecule has 0 bridgehead atoms. The Kier molecular flexibility index (Phi) is 7.58. The number of aliphatic hydroxyl groups excluding tert-OH is 2. The summed E-state index contributed by atoms with van der Waals surface area (Å²) in [6.45, 7) is 5.02. The van der Waals surface area contributed by atoms with Gasteiger partial charge in [0.15, 0.2) is 0 Å². The summed E-state index contributed by atoms with van der Waals surface area (Å²) >= 11 is 0. The zero-order valence-corrected chi connectivity index (χ0v) is 16.1. The maximum absolute atomic E-state index is 12.4. The van der Waals surface area contributed by atoms with Crippen LogP contribution in [0.15, 0.2) is 12.1 Å². The normalized spacial score (nSPS) is 17.7. The van der Waals surface area contributed by atoms with Gasteiger partial charge in [-0.15, -0.1) is 0 Å². The molecule has 0 aliphatic carbocycles. The summed E-state index contributed by atoms with van der Waals surface area (Å²) in [5, 5.41) is 23.5. The molecular weight excluding hydrogens is 350 g/mol. The van der Waals surface area contributed by atoms with Gasteiger partial charge in [-0.1, -0.05) is 6.07 Å². The quantitative estimate of drug-likeness (QED) is 0.483. The smallest absolute Gasteiger partial charge is 0.237 e. The second-order valence-corrected chi connectivity index (χ2v) is 6.79. The van der Waals surface area contributed by atoms with Gasteiger partial charge in [-0.05, 0) is 36.6 Å².